The van der Waals surface area contributed by atoms with E-state index in [0.29, 0.717) is 12.1 Å². The first-order valence-corrected chi connectivity index (χ1v) is 6.91. The summed E-state index contributed by atoms with van der Waals surface area (Å²) >= 11 is 0. The number of benzene rings is 1. The number of aryl methyl sites for hydroxylation is 2. The van der Waals surface area contributed by atoms with Crippen molar-refractivity contribution in [1.29, 1.82) is 0 Å². The van der Waals surface area contributed by atoms with Crippen LogP contribution in [-0.2, 0) is 6.54 Å². The largest absolute Gasteiger partial charge is 0.359 e. The van der Waals surface area contributed by atoms with Crippen LogP contribution in [0.2, 0.25) is 0 Å². The zero-order valence-corrected chi connectivity index (χ0v) is 12.1. The second kappa shape index (κ2) is 5.40. The van der Waals surface area contributed by atoms with Crippen LogP contribution in [0.4, 0.5) is 0 Å². The molecule has 3 aromatic rings. The molecular weight excluding hydrogens is 262 g/mol. The number of rotatable bonds is 3. The number of aromatic amines is 1. The summed E-state index contributed by atoms with van der Waals surface area (Å²) in [6.45, 7) is 4.43. The van der Waals surface area contributed by atoms with Gasteiger partial charge in [0, 0.05) is 41.1 Å². The average Bonchev–Trinajstić information content (AvgIpc) is 2.86. The molecule has 1 amide bonds. The monoisotopic (exact) mass is 279 g/mol. The molecule has 0 fully saturated rings. The lowest BCUT2D eigenvalue weighted by molar-refractivity contribution is 0.0950. The molecule has 0 saturated carbocycles. The van der Waals surface area contributed by atoms with E-state index in [9.17, 15) is 4.79 Å². The third kappa shape index (κ3) is 2.65. The van der Waals surface area contributed by atoms with E-state index < -0.39 is 0 Å². The fraction of sp³-hybridized carbons (Fsp3) is 0.176. The molecule has 21 heavy (non-hydrogen) atoms. The number of amides is 1. The van der Waals surface area contributed by atoms with Gasteiger partial charge in [0.2, 0.25) is 0 Å². The van der Waals surface area contributed by atoms with Crippen molar-refractivity contribution in [2.24, 2.45) is 0 Å². The van der Waals surface area contributed by atoms with Crippen LogP contribution in [-0.4, -0.2) is 15.9 Å². The molecule has 0 radical (unpaired) electrons. The minimum Gasteiger partial charge on any atom is -0.359 e. The Bertz CT molecular complexity index is 805. The van der Waals surface area contributed by atoms with Crippen LogP contribution in [0.25, 0.3) is 10.9 Å². The summed E-state index contributed by atoms with van der Waals surface area (Å²) in [6, 6.07) is 9.92. The van der Waals surface area contributed by atoms with E-state index in [1.165, 1.54) is 0 Å². The minimum absolute atomic E-state index is 0.0702. The lowest BCUT2D eigenvalue weighted by atomic mass is 10.1. The van der Waals surface area contributed by atoms with Gasteiger partial charge in [-0.05, 0) is 43.2 Å². The van der Waals surface area contributed by atoms with Crippen LogP contribution in [0.1, 0.15) is 27.2 Å². The van der Waals surface area contributed by atoms with E-state index in [1.807, 2.05) is 32.0 Å². The molecule has 4 heteroatoms. The van der Waals surface area contributed by atoms with Crippen molar-refractivity contribution >= 4 is 16.8 Å². The maximum Gasteiger partial charge on any atom is 0.251 e. The third-order valence-corrected chi connectivity index (χ3v) is 3.59. The SMILES string of the molecule is Cc1cc2c(CNC(=O)c3ccncc3C)cccc2[nH]1. The predicted octanol–water partition coefficient (Wildman–Crippen LogP) is 3.11. The molecule has 4 nitrogen and oxygen atoms in total. The van der Waals surface area contributed by atoms with Crippen molar-refractivity contribution in [3.05, 3.63) is 65.1 Å². The number of nitrogens with one attached hydrogen (secondary N) is 2. The summed E-state index contributed by atoms with van der Waals surface area (Å²) in [5, 5.41) is 4.13. The third-order valence-electron chi connectivity index (χ3n) is 3.59. The Morgan fingerprint density at radius 1 is 1.29 bits per heavy atom. The summed E-state index contributed by atoms with van der Waals surface area (Å²) in [6.07, 6.45) is 3.34. The first-order valence-electron chi connectivity index (χ1n) is 6.91. The van der Waals surface area contributed by atoms with Gasteiger partial charge in [-0.2, -0.15) is 0 Å². The van der Waals surface area contributed by atoms with Crippen molar-refractivity contribution in [2.75, 3.05) is 0 Å². The van der Waals surface area contributed by atoms with Crippen molar-refractivity contribution in [3.8, 4) is 0 Å². The molecular formula is C17H17N3O. The van der Waals surface area contributed by atoms with Gasteiger partial charge in [0.25, 0.3) is 5.91 Å². The Balaban J connectivity index is 1.81. The fourth-order valence-electron chi connectivity index (χ4n) is 2.51. The maximum atomic E-state index is 12.2. The number of H-pyrrole nitrogens is 1. The molecule has 2 aromatic heterocycles. The summed E-state index contributed by atoms with van der Waals surface area (Å²) in [4.78, 5) is 19.5. The normalized spacial score (nSPS) is 10.8. The quantitative estimate of drug-likeness (QED) is 0.774. The van der Waals surface area contributed by atoms with Gasteiger partial charge < -0.3 is 10.3 Å². The predicted molar refractivity (Wildman–Crippen MR) is 83.2 cm³/mol. The van der Waals surface area contributed by atoms with Gasteiger partial charge in [-0.1, -0.05) is 12.1 Å². The van der Waals surface area contributed by atoms with Crippen LogP contribution in [0.15, 0.2) is 42.7 Å². The minimum atomic E-state index is -0.0702. The van der Waals surface area contributed by atoms with E-state index in [-0.39, 0.29) is 5.91 Å². The first kappa shape index (κ1) is 13.4. The van der Waals surface area contributed by atoms with Crippen molar-refractivity contribution in [1.82, 2.24) is 15.3 Å². The van der Waals surface area contributed by atoms with Gasteiger partial charge in [-0.25, -0.2) is 0 Å². The summed E-state index contributed by atoms with van der Waals surface area (Å²) < 4.78 is 0. The summed E-state index contributed by atoms with van der Waals surface area (Å²) in [5.74, 6) is -0.0702. The zero-order valence-electron chi connectivity index (χ0n) is 12.1. The van der Waals surface area contributed by atoms with E-state index in [0.717, 1.165) is 27.7 Å². The van der Waals surface area contributed by atoms with Gasteiger partial charge in [0.15, 0.2) is 0 Å². The molecule has 2 heterocycles. The Morgan fingerprint density at radius 3 is 2.95 bits per heavy atom. The van der Waals surface area contributed by atoms with Crippen LogP contribution in [0, 0.1) is 13.8 Å². The van der Waals surface area contributed by atoms with E-state index in [1.54, 1.807) is 18.5 Å². The zero-order chi connectivity index (χ0) is 14.8. The Hall–Kier alpha value is -2.62. The van der Waals surface area contributed by atoms with Crippen LogP contribution in [0.5, 0.6) is 0 Å². The number of pyridine rings is 1. The molecule has 0 aliphatic carbocycles. The molecule has 3 rings (SSSR count). The number of carbonyl (C=O) groups excluding carboxylic acids is 1. The van der Waals surface area contributed by atoms with Crippen molar-refractivity contribution in [2.45, 2.75) is 20.4 Å². The van der Waals surface area contributed by atoms with Crippen molar-refractivity contribution < 1.29 is 4.79 Å². The van der Waals surface area contributed by atoms with Gasteiger partial charge in [-0.3, -0.25) is 9.78 Å². The number of fused-ring (bicyclic) bond motifs is 1. The Labute approximate surface area is 123 Å². The second-order valence-corrected chi connectivity index (χ2v) is 5.20. The number of aromatic nitrogens is 2. The standard InChI is InChI=1S/C17H17N3O/c1-11-9-18-7-6-14(11)17(21)19-10-13-4-3-5-16-15(13)8-12(2)20-16/h3-9,20H,10H2,1-2H3,(H,19,21). The Kier molecular flexibility index (Phi) is 3.44. The van der Waals surface area contributed by atoms with Gasteiger partial charge in [-0.15, -0.1) is 0 Å². The molecule has 0 aliphatic heterocycles. The summed E-state index contributed by atoms with van der Waals surface area (Å²) in [7, 11) is 0. The van der Waals surface area contributed by atoms with Gasteiger partial charge in [0.1, 0.15) is 0 Å². The highest BCUT2D eigenvalue weighted by Crippen LogP contribution is 2.19. The smallest absolute Gasteiger partial charge is 0.251 e. The molecule has 0 bridgehead atoms. The van der Waals surface area contributed by atoms with Crippen LogP contribution >= 0.6 is 0 Å². The highest BCUT2D eigenvalue weighted by Gasteiger charge is 2.09. The highest BCUT2D eigenvalue weighted by molar-refractivity contribution is 5.95. The number of carbonyl (C=O) groups is 1. The average molecular weight is 279 g/mol. The second-order valence-electron chi connectivity index (χ2n) is 5.20. The van der Waals surface area contributed by atoms with Crippen LogP contribution < -0.4 is 5.32 Å². The molecule has 0 spiro atoms. The molecule has 2 N–H and O–H groups in total. The number of hydrogen-bond acceptors (Lipinski definition) is 2. The molecule has 0 unspecified atom stereocenters. The van der Waals surface area contributed by atoms with Crippen LogP contribution in [0.3, 0.4) is 0 Å². The topological polar surface area (TPSA) is 57.8 Å². The molecule has 0 aliphatic rings. The highest BCUT2D eigenvalue weighted by atomic mass is 16.1. The molecule has 1 aromatic carbocycles. The summed E-state index contributed by atoms with van der Waals surface area (Å²) in [5.41, 5.74) is 4.87. The fourth-order valence-corrected chi connectivity index (χ4v) is 2.51. The van der Waals surface area contributed by atoms with Gasteiger partial charge >= 0.3 is 0 Å². The number of nitrogens with zero attached hydrogens (tertiary/aromatic N) is 1. The molecule has 0 saturated heterocycles. The maximum absolute atomic E-state index is 12.2. The van der Waals surface area contributed by atoms with Gasteiger partial charge in [0.05, 0.1) is 0 Å². The number of hydrogen-bond donors (Lipinski definition) is 2. The van der Waals surface area contributed by atoms with Crippen molar-refractivity contribution in [3.63, 3.8) is 0 Å². The van der Waals surface area contributed by atoms with E-state index in [2.05, 4.69) is 21.4 Å². The first-order chi connectivity index (χ1) is 10.1. The lowest BCUT2D eigenvalue weighted by Gasteiger charge is -2.08. The van der Waals surface area contributed by atoms with E-state index in [4.69, 9.17) is 0 Å². The van der Waals surface area contributed by atoms with E-state index >= 15 is 0 Å². The molecule has 0 atom stereocenters. The molecule has 106 valence electrons. The lowest BCUT2D eigenvalue weighted by Crippen LogP contribution is -2.23. The Morgan fingerprint density at radius 2 is 2.14 bits per heavy atom.